The fourth-order valence-electron chi connectivity index (χ4n) is 2.66. The number of hydrogen-bond acceptors (Lipinski definition) is 6. The normalized spacial score (nSPS) is 17.2. The second-order valence-corrected chi connectivity index (χ2v) is 4.96. The van der Waals surface area contributed by atoms with E-state index in [-0.39, 0.29) is 0 Å². The van der Waals surface area contributed by atoms with Gasteiger partial charge in [0, 0.05) is 26.2 Å². The predicted octanol–water partition coefficient (Wildman–Crippen LogP) is 1.34. The fraction of sp³-hybridized carbons (Fsp3) is 0.538. The predicted molar refractivity (Wildman–Crippen MR) is 75.2 cm³/mol. The van der Waals surface area contributed by atoms with Crippen LogP contribution in [0.1, 0.15) is 13.3 Å². The number of rotatable bonds is 3. The van der Waals surface area contributed by atoms with Gasteiger partial charge in [0.1, 0.15) is 0 Å². The molecule has 1 aliphatic rings. The third-order valence-corrected chi connectivity index (χ3v) is 3.68. The number of nitrogens with two attached hydrogens (primary N) is 1. The smallest absolute Gasteiger partial charge is 0.160 e. The van der Waals surface area contributed by atoms with E-state index in [9.17, 15) is 0 Å². The van der Waals surface area contributed by atoms with Crippen molar-refractivity contribution in [3.8, 4) is 0 Å². The van der Waals surface area contributed by atoms with E-state index in [1.54, 1.807) is 0 Å². The molecule has 6 heteroatoms. The summed E-state index contributed by atoms with van der Waals surface area (Å²) in [6.07, 6.45) is 1.21. The van der Waals surface area contributed by atoms with Crippen LogP contribution in [-0.2, 0) is 0 Å². The van der Waals surface area contributed by atoms with Crippen LogP contribution in [0.5, 0.6) is 0 Å². The van der Waals surface area contributed by atoms with Gasteiger partial charge in [-0.1, -0.05) is 6.92 Å². The second kappa shape index (κ2) is 5.05. The van der Waals surface area contributed by atoms with E-state index in [1.165, 1.54) is 13.0 Å². The summed E-state index contributed by atoms with van der Waals surface area (Å²) in [7, 11) is 0. The SMILES string of the molecule is CCCN1CCN(c2ccc(N)c3nonc23)CC1. The third-order valence-electron chi connectivity index (χ3n) is 3.68. The summed E-state index contributed by atoms with van der Waals surface area (Å²) in [6, 6.07) is 3.89. The van der Waals surface area contributed by atoms with Crippen molar-refractivity contribution < 1.29 is 4.63 Å². The van der Waals surface area contributed by atoms with Crippen molar-refractivity contribution in [2.45, 2.75) is 13.3 Å². The maximum absolute atomic E-state index is 5.87. The van der Waals surface area contributed by atoms with E-state index in [0.29, 0.717) is 11.2 Å². The Morgan fingerprint density at radius 1 is 1.16 bits per heavy atom. The molecule has 3 rings (SSSR count). The molecule has 102 valence electrons. The van der Waals surface area contributed by atoms with Crippen LogP contribution in [0.25, 0.3) is 11.0 Å². The number of aromatic nitrogens is 2. The number of nitrogen functional groups attached to an aromatic ring is 1. The van der Waals surface area contributed by atoms with Gasteiger partial charge in [-0.2, -0.15) is 0 Å². The van der Waals surface area contributed by atoms with Crippen LogP contribution >= 0.6 is 0 Å². The number of hydrogen-bond donors (Lipinski definition) is 1. The standard InChI is InChI=1S/C13H19N5O/c1-2-5-17-6-8-18(9-7-17)11-4-3-10(14)12-13(11)16-19-15-12/h3-4H,2,5-9,14H2,1H3. The molecule has 19 heavy (non-hydrogen) atoms. The Morgan fingerprint density at radius 2 is 1.89 bits per heavy atom. The molecule has 6 nitrogen and oxygen atoms in total. The Morgan fingerprint density at radius 3 is 2.63 bits per heavy atom. The second-order valence-electron chi connectivity index (χ2n) is 4.96. The summed E-state index contributed by atoms with van der Waals surface area (Å²) < 4.78 is 4.82. The number of benzene rings is 1. The highest BCUT2D eigenvalue weighted by Crippen LogP contribution is 2.28. The van der Waals surface area contributed by atoms with E-state index in [4.69, 9.17) is 10.4 Å². The molecule has 0 spiro atoms. The maximum Gasteiger partial charge on any atom is 0.160 e. The molecule has 2 aromatic rings. The van der Waals surface area contributed by atoms with Crippen LogP contribution in [0, 0.1) is 0 Å². The topological polar surface area (TPSA) is 71.4 Å². The lowest BCUT2D eigenvalue weighted by Gasteiger charge is -2.35. The zero-order chi connectivity index (χ0) is 13.2. The molecule has 0 radical (unpaired) electrons. The summed E-state index contributed by atoms with van der Waals surface area (Å²) in [5.41, 5.74) is 8.99. The zero-order valence-corrected chi connectivity index (χ0v) is 11.2. The van der Waals surface area contributed by atoms with E-state index in [2.05, 4.69) is 27.0 Å². The quantitative estimate of drug-likeness (QED) is 0.841. The lowest BCUT2D eigenvalue weighted by Crippen LogP contribution is -2.46. The number of piperazine rings is 1. The van der Waals surface area contributed by atoms with E-state index in [1.807, 2.05) is 12.1 Å². The zero-order valence-electron chi connectivity index (χ0n) is 11.2. The van der Waals surface area contributed by atoms with E-state index >= 15 is 0 Å². The van der Waals surface area contributed by atoms with Crippen molar-refractivity contribution in [1.82, 2.24) is 15.2 Å². The minimum absolute atomic E-state index is 0.615. The van der Waals surface area contributed by atoms with E-state index in [0.717, 1.165) is 37.4 Å². The lowest BCUT2D eigenvalue weighted by molar-refractivity contribution is 0.258. The van der Waals surface area contributed by atoms with Gasteiger partial charge in [-0.3, -0.25) is 4.90 Å². The van der Waals surface area contributed by atoms with Crippen LogP contribution in [-0.4, -0.2) is 47.9 Å². The Balaban J connectivity index is 1.82. The van der Waals surface area contributed by atoms with Crippen molar-refractivity contribution in [2.24, 2.45) is 0 Å². The highest BCUT2D eigenvalue weighted by molar-refractivity contribution is 5.95. The van der Waals surface area contributed by atoms with Gasteiger partial charge >= 0.3 is 0 Å². The summed E-state index contributed by atoms with van der Waals surface area (Å²) in [5.74, 6) is 0. The monoisotopic (exact) mass is 261 g/mol. The highest BCUT2D eigenvalue weighted by Gasteiger charge is 2.20. The number of fused-ring (bicyclic) bond motifs is 1. The Bertz CT molecular complexity index is 559. The first kappa shape index (κ1) is 12.2. The van der Waals surface area contributed by atoms with Gasteiger partial charge in [-0.05, 0) is 35.4 Å². The first-order valence-electron chi connectivity index (χ1n) is 6.77. The van der Waals surface area contributed by atoms with Crippen LogP contribution in [0.2, 0.25) is 0 Å². The van der Waals surface area contributed by atoms with Gasteiger partial charge in [-0.25, -0.2) is 4.63 Å². The molecule has 1 aromatic heterocycles. The molecule has 0 amide bonds. The fourth-order valence-corrected chi connectivity index (χ4v) is 2.66. The summed E-state index contributed by atoms with van der Waals surface area (Å²) in [6.45, 7) is 7.58. The molecule has 0 unspecified atom stereocenters. The molecular formula is C13H19N5O. The molecule has 2 heterocycles. The van der Waals surface area contributed by atoms with E-state index < -0.39 is 0 Å². The summed E-state index contributed by atoms with van der Waals surface area (Å²) in [4.78, 5) is 4.82. The first-order valence-corrected chi connectivity index (χ1v) is 6.77. The highest BCUT2D eigenvalue weighted by atomic mass is 16.6. The summed E-state index contributed by atoms with van der Waals surface area (Å²) in [5, 5.41) is 7.86. The molecule has 0 bridgehead atoms. The molecule has 1 fully saturated rings. The molecule has 0 aliphatic carbocycles. The maximum atomic E-state index is 5.87. The van der Waals surface area contributed by atoms with Crippen LogP contribution in [0.15, 0.2) is 16.8 Å². The van der Waals surface area contributed by atoms with Crippen molar-refractivity contribution in [1.29, 1.82) is 0 Å². The third kappa shape index (κ3) is 2.23. The average molecular weight is 261 g/mol. The largest absolute Gasteiger partial charge is 0.397 e. The molecule has 1 aromatic carbocycles. The average Bonchev–Trinajstić information content (AvgIpc) is 2.91. The van der Waals surface area contributed by atoms with Gasteiger partial charge in [0.25, 0.3) is 0 Å². The van der Waals surface area contributed by atoms with Crippen LogP contribution in [0.4, 0.5) is 11.4 Å². The molecule has 0 saturated carbocycles. The van der Waals surface area contributed by atoms with Crippen LogP contribution < -0.4 is 10.6 Å². The van der Waals surface area contributed by atoms with Gasteiger partial charge in [0.05, 0.1) is 11.4 Å². The Hall–Kier alpha value is -1.82. The Labute approximate surface area is 112 Å². The molecule has 1 aliphatic heterocycles. The lowest BCUT2D eigenvalue weighted by atomic mass is 10.2. The van der Waals surface area contributed by atoms with Crippen molar-refractivity contribution in [3.63, 3.8) is 0 Å². The van der Waals surface area contributed by atoms with Crippen molar-refractivity contribution in [3.05, 3.63) is 12.1 Å². The van der Waals surface area contributed by atoms with Crippen molar-refractivity contribution in [2.75, 3.05) is 43.4 Å². The minimum Gasteiger partial charge on any atom is -0.397 e. The Kier molecular flexibility index (Phi) is 3.25. The van der Waals surface area contributed by atoms with Gasteiger partial charge in [-0.15, -0.1) is 0 Å². The van der Waals surface area contributed by atoms with Crippen molar-refractivity contribution >= 4 is 22.4 Å². The number of nitrogens with zero attached hydrogens (tertiary/aromatic N) is 4. The number of anilines is 2. The molecule has 0 atom stereocenters. The van der Waals surface area contributed by atoms with Gasteiger partial charge in [0.2, 0.25) is 0 Å². The van der Waals surface area contributed by atoms with Crippen LogP contribution in [0.3, 0.4) is 0 Å². The molecule has 2 N–H and O–H groups in total. The minimum atomic E-state index is 0.615. The molecular weight excluding hydrogens is 242 g/mol. The van der Waals surface area contributed by atoms with Gasteiger partial charge in [0.15, 0.2) is 11.0 Å². The summed E-state index contributed by atoms with van der Waals surface area (Å²) >= 11 is 0. The van der Waals surface area contributed by atoms with Gasteiger partial charge < -0.3 is 10.6 Å². The molecule has 1 saturated heterocycles. The first-order chi connectivity index (χ1) is 9.29.